The van der Waals surface area contributed by atoms with Crippen molar-refractivity contribution in [3.8, 4) is 0 Å². The second kappa shape index (κ2) is 14.5. The molecule has 2 amide bonds. The zero-order valence-electron chi connectivity index (χ0n) is 21.9. The third-order valence-electron chi connectivity index (χ3n) is 6.97. The lowest BCUT2D eigenvalue weighted by Crippen LogP contribution is -2.52. The molecule has 7 nitrogen and oxygen atoms in total. The summed E-state index contributed by atoms with van der Waals surface area (Å²) in [5.74, 6) is 0.260. The number of amides is 2. The SMILES string of the molecule is O=C(NC1CCCC1)[C@@H](Cc1ccccc1)N(Cc1ccc(Cl)cc1Cl)C(=O)CSCc1ccc([N+](=O)[O-])cc1. The molecule has 0 radical (unpaired) electrons. The van der Waals surface area contributed by atoms with E-state index in [4.69, 9.17) is 23.2 Å². The van der Waals surface area contributed by atoms with Crippen molar-refractivity contribution in [2.75, 3.05) is 5.75 Å². The largest absolute Gasteiger partial charge is 0.352 e. The lowest BCUT2D eigenvalue weighted by molar-refractivity contribution is -0.384. The summed E-state index contributed by atoms with van der Waals surface area (Å²) in [6.45, 7) is 0.155. The summed E-state index contributed by atoms with van der Waals surface area (Å²) < 4.78 is 0. The molecule has 0 bridgehead atoms. The van der Waals surface area contributed by atoms with Crippen LogP contribution in [0.5, 0.6) is 0 Å². The highest BCUT2D eigenvalue weighted by Gasteiger charge is 2.32. The van der Waals surface area contributed by atoms with Crippen molar-refractivity contribution in [2.45, 2.75) is 56.5 Å². The van der Waals surface area contributed by atoms with Gasteiger partial charge in [0, 0.05) is 46.9 Å². The lowest BCUT2D eigenvalue weighted by atomic mass is 10.0. The quantitative estimate of drug-likeness (QED) is 0.182. The number of halogens is 2. The number of hydrogen-bond donors (Lipinski definition) is 1. The van der Waals surface area contributed by atoms with Gasteiger partial charge in [-0.3, -0.25) is 19.7 Å². The number of nitrogens with zero attached hydrogens (tertiary/aromatic N) is 2. The van der Waals surface area contributed by atoms with Crippen molar-refractivity contribution >= 4 is 52.5 Å². The molecule has 10 heteroatoms. The number of nitro groups is 1. The van der Waals surface area contributed by atoms with E-state index in [0.29, 0.717) is 27.8 Å². The molecule has 0 spiro atoms. The molecule has 1 fully saturated rings. The lowest BCUT2D eigenvalue weighted by Gasteiger charge is -2.32. The van der Waals surface area contributed by atoms with Crippen molar-refractivity contribution in [2.24, 2.45) is 0 Å². The fourth-order valence-electron chi connectivity index (χ4n) is 4.81. The monoisotopic (exact) mass is 599 g/mol. The highest BCUT2D eigenvalue weighted by Crippen LogP contribution is 2.26. The molecule has 1 atom stereocenters. The predicted molar refractivity (Wildman–Crippen MR) is 161 cm³/mol. The van der Waals surface area contributed by atoms with E-state index in [1.807, 2.05) is 30.3 Å². The Kier molecular flexibility index (Phi) is 10.9. The van der Waals surface area contributed by atoms with E-state index in [0.717, 1.165) is 36.8 Å². The number of benzene rings is 3. The average molecular weight is 601 g/mol. The molecule has 1 N–H and O–H groups in total. The van der Waals surface area contributed by atoms with Gasteiger partial charge in [-0.05, 0) is 41.7 Å². The highest BCUT2D eigenvalue weighted by atomic mass is 35.5. The first-order valence-electron chi connectivity index (χ1n) is 13.2. The number of nitrogens with one attached hydrogen (secondary N) is 1. The van der Waals surface area contributed by atoms with Crippen LogP contribution in [0.3, 0.4) is 0 Å². The highest BCUT2D eigenvalue weighted by molar-refractivity contribution is 7.99. The Morgan fingerprint density at radius 3 is 2.35 bits per heavy atom. The first-order valence-corrected chi connectivity index (χ1v) is 15.1. The van der Waals surface area contributed by atoms with Gasteiger partial charge in [0.1, 0.15) is 6.04 Å². The van der Waals surface area contributed by atoms with Gasteiger partial charge in [-0.15, -0.1) is 11.8 Å². The molecule has 0 saturated heterocycles. The van der Waals surface area contributed by atoms with Gasteiger partial charge in [-0.25, -0.2) is 0 Å². The molecule has 40 heavy (non-hydrogen) atoms. The third kappa shape index (κ3) is 8.46. The molecular weight excluding hydrogens is 569 g/mol. The van der Waals surface area contributed by atoms with Crippen molar-refractivity contribution < 1.29 is 14.5 Å². The van der Waals surface area contributed by atoms with Crippen LogP contribution in [-0.2, 0) is 28.3 Å². The van der Waals surface area contributed by atoms with Gasteiger partial charge >= 0.3 is 0 Å². The summed E-state index contributed by atoms with van der Waals surface area (Å²) in [5.41, 5.74) is 2.54. The number of nitro benzene ring substituents is 1. The number of carbonyl (C=O) groups excluding carboxylic acids is 2. The number of rotatable bonds is 12. The van der Waals surface area contributed by atoms with Crippen LogP contribution >= 0.6 is 35.0 Å². The topological polar surface area (TPSA) is 92.6 Å². The van der Waals surface area contributed by atoms with Crippen LogP contribution in [0.15, 0.2) is 72.8 Å². The van der Waals surface area contributed by atoms with Crippen LogP contribution in [0.2, 0.25) is 10.0 Å². The molecule has 3 aromatic rings. The van der Waals surface area contributed by atoms with E-state index >= 15 is 0 Å². The first kappa shape index (κ1) is 29.9. The standard InChI is InChI=1S/C30H31Cl2N3O4S/c31-24-13-12-23(27(32)17-24)18-34(29(36)20-40-19-22-10-14-26(15-11-22)35(38)39)28(16-21-6-2-1-3-7-21)30(37)33-25-8-4-5-9-25/h1-3,6-7,10-15,17,25,28H,4-5,8-9,16,18-20H2,(H,33,37)/t28-/m1/s1. The minimum Gasteiger partial charge on any atom is -0.352 e. The first-order chi connectivity index (χ1) is 19.3. The third-order valence-corrected chi connectivity index (χ3v) is 8.55. The van der Waals surface area contributed by atoms with E-state index in [1.54, 1.807) is 35.2 Å². The fraction of sp³-hybridized carbons (Fsp3) is 0.333. The van der Waals surface area contributed by atoms with Crippen LogP contribution in [0.25, 0.3) is 0 Å². The zero-order chi connectivity index (χ0) is 28.5. The minimum absolute atomic E-state index is 0.0212. The Labute approximate surface area is 248 Å². The van der Waals surface area contributed by atoms with E-state index < -0.39 is 11.0 Å². The van der Waals surface area contributed by atoms with Gasteiger partial charge < -0.3 is 10.2 Å². The van der Waals surface area contributed by atoms with Crippen molar-refractivity contribution in [1.82, 2.24) is 10.2 Å². The maximum Gasteiger partial charge on any atom is 0.269 e. The van der Waals surface area contributed by atoms with Crippen LogP contribution < -0.4 is 5.32 Å². The Bertz CT molecular complexity index is 1320. The van der Waals surface area contributed by atoms with Gasteiger partial charge in [0.2, 0.25) is 11.8 Å². The molecule has 0 aliphatic heterocycles. The van der Waals surface area contributed by atoms with Gasteiger partial charge in [0.05, 0.1) is 10.7 Å². The number of thioether (sulfide) groups is 1. The van der Waals surface area contributed by atoms with Gasteiger partial charge in [0.15, 0.2) is 0 Å². The molecule has 1 saturated carbocycles. The Balaban J connectivity index is 1.56. The van der Waals surface area contributed by atoms with Crippen LogP contribution in [0.1, 0.15) is 42.4 Å². The van der Waals surface area contributed by atoms with E-state index in [2.05, 4.69) is 5.32 Å². The molecular formula is C30H31Cl2N3O4S. The molecule has 1 aliphatic rings. The number of non-ortho nitro benzene ring substituents is 1. The molecule has 0 unspecified atom stereocenters. The second-order valence-corrected chi connectivity index (χ2v) is 11.7. The van der Waals surface area contributed by atoms with E-state index in [-0.39, 0.29) is 35.8 Å². The van der Waals surface area contributed by atoms with Crippen LogP contribution in [0.4, 0.5) is 5.69 Å². The molecule has 3 aromatic carbocycles. The van der Waals surface area contributed by atoms with Crippen LogP contribution in [-0.4, -0.2) is 39.5 Å². The molecule has 4 rings (SSSR count). The van der Waals surface area contributed by atoms with Crippen molar-refractivity contribution in [3.05, 3.63) is 110 Å². The summed E-state index contributed by atoms with van der Waals surface area (Å²) in [5, 5.41) is 15.1. The predicted octanol–water partition coefficient (Wildman–Crippen LogP) is 6.83. The molecule has 0 heterocycles. The van der Waals surface area contributed by atoms with E-state index in [9.17, 15) is 19.7 Å². The Hall–Kier alpha value is -3.07. The second-order valence-electron chi connectivity index (χ2n) is 9.87. The maximum absolute atomic E-state index is 13.8. The number of hydrogen-bond acceptors (Lipinski definition) is 5. The smallest absolute Gasteiger partial charge is 0.269 e. The summed E-state index contributed by atoms with van der Waals surface area (Å²) in [4.78, 5) is 39.7. The molecule has 210 valence electrons. The average Bonchev–Trinajstić information content (AvgIpc) is 3.45. The minimum atomic E-state index is -0.734. The Morgan fingerprint density at radius 2 is 1.70 bits per heavy atom. The van der Waals surface area contributed by atoms with Gasteiger partial charge in [-0.1, -0.05) is 84.6 Å². The summed E-state index contributed by atoms with van der Waals surface area (Å²) >= 11 is 14.0. The van der Waals surface area contributed by atoms with Crippen molar-refractivity contribution in [1.29, 1.82) is 0 Å². The summed E-state index contributed by atoms with van der Waals surface area (Å²) in [7, 11) is 0. The fourth-order valence-corrected chi connectivity index (χ4v) is 6.15. The molecule has 0 aromatic heterocycles. The normalized spacial score (nSPS) is 14.1. The van der Waals surface area contributed by atoms with Crippen molar-refractivity contribution in [3.63, 3.8) is 0 Å². The maximum atomic E-state index is 13.8. The number of carbonyl (C=O) groups is 2. The van der Waals surface area contributed by atoms with Crippen LogP contribution in [0, 0.1) is 10.1 Å². The Morgan fingerprint density at radius 1 is 1.00 bits per heavy atom. The van der Waals surface area contributed by atoms with E-state index in [1.165, 1.54) is 23.9 Å². The molecule has 1 aliphatic carbocycles. The van der Waals surface area contributed by atoms with Gasteiger partial charge in [0.25, 0.3) is 5.69 Å². The van der Waals surface area contributed by atoms with Gasteiger partial charge in [-0.2, -0.15) is 0 Å². The zero-order valence-corrected chi connectivity index (χ0v) is 24.3. The summed E-state index contributed by atoms with van der Waals surface area (Å²) in [6, 6.07) is 20.5. The summed E-state index contributed by atoms with van der Waals surface area (Å²) in [6.07, 6.45) is 4.40.